The van der Waals surface area contributed by atoms with Gasteiger partial charge in [-0.2, -0.15) is 0 Å². The zero-order valence-corrected chi connectivity index (χ0v) is 13.9. The lowest BCUT2D eigenvalue weighted by Crippen LogP contribution is -2.68. The molecule has 5 atom stereocenters. The standard InChI is InChI=1S/C17H27NO7/c19-7-12(8-20)18-13-6-17(24,10-21)16(23)14(22)15(13)25-9-11-4-2-1-3-5-11/h1-5,12-16,18-24H,6-10H2/t13-,14+,15-,16-,17-/m0/s1. The van der Waals surface area contributed by atoms with E-state index in [9.17, 15) is 30.6 Å². The molecule has 1 aliphatic carbocycles. The van der Waals surface area contributed by atoms with Crippen molar-refractivity contribution < 1.29 is 35.4 Å². The lowest BCUT2D eigenvalue weighted by atomic mass is 9.76. The number of ether oxygens (including phenoxy) is 1. The topological polar surface area (TPSA) is 143 Å². The molecule has 2 rings (SSSR count). The highest BCUT2D eigenvalue weighted by Crippen LogP contribution is 2.31. The maximum atomic E-state index is 10.4. The van der Waals surface area contributed by atoms with Gasteiger partial charge >= 0.3 is 0 Å². The molecule has 0 bridgehead atoms. The molecule has 0 radical (unpaired) electrons. The van der Waals surface area contributed by atoms with Crippen molar-refractivity contribution in [2.24, 2.45) is 0 Å². The number of benzene rings is 1. The zero-order valence-electron chi connectivity index (χ0n) is 13.9. The van der Waals surface area contributed by atoms with Crippen LogP contribution in [-0.4, -0.2) is 86.5 Å². The van der Waals surface area contributed by atoms with Gasteiger partial charge in [-0.25, -0.2) is 0 Å². The fourth-order valence-corrected chi connectivity index (χ4v) is 3.11. The van der Waals surface area contributed by atoms with E-state index in [4.69, 9.17) is 4.74 Å². The predicted octanol–water partition coefficient (Wildman–Crippen LogP) is -2.27. The van der Waals surface area contributed by atoms with Crippen molar-refractivity contribution >= 4 is 0 Å². The number of hydrogen-bond donors (Lipinski definition) is 7. The molecule has 7 N–H and O–H groups in total. The van der Waals surface area contributed by atoms with Crippen LogP contribution in [0, 0.1) is 0 Å². The average molecular weight is 357 g/mol. The summed E-state index contributed by atoms with van der Waals surface area (Å²) in [6.45, 7) is -1.27. The van der Waals surface area contributed by atoms with E-state index in [0.29, 0.717) is 0 Å². The number of rotatable bonds is 8. The van der Waals surface area contributed by atoms with Crippen molar-refractivity contribution in [3.63, 3.8) is 0 Å². The number of aliphatic hydroxyl groups is 6. The maximum Gasteiger partial charge on any atom is 0.118 e. The molecule has 1 aromatic carbocycles. The third-order valence-electron chi connectivity index (χ3n) is 4.63. The lowest BCUT2D eigenvalue weighted by molar-refractivity contribution is -0.219. The quantitative estimate of drug-likeness (QED) is 0.276. The molecule has 142 valence electrons. The SMILES string of the molecule is OCC(CO)N[C@H]1C[C@](O)(CO)[C@@H](O)[C@H](O)[C@H]1OCc1ccccc1. The fourth-order valence-electron chi connectivity index (χ4n) is 3.11. The predicted molar refractivity (Wildman–Crippen MR) is 88.6 cm³/mol. The summed E-state index contributed by atoms with van der Waals surface area (Å²) in [6.07, 6.45) is -4.05. The Hall–Kier alpha value is -1.10. The van der Waals surface area contributed by atoms with Crippen LogP contribution >= 0.6 is 0 Å². The molecule has 1 fully saturated rings. The zero-order chi connectivity index (χ0) is 18.4. The summed E-state index contributed by atoms with van der Waals surface area (Å²) in [5, 5.41) is 61.8. The molecule has 0 heterocycles. The number of hydrogen-bond acceptors (Lipinski definition) is 8. The Kier molecular flexibility index (Phi) is 7.29. The van der Waals surface area contributed by atoms with E-state index >= 15 is 0 Å². The van der Waals surface area contributed by atoms with Crippen LogP contribution in [-0.2, 0) is 11.3 Å². The fraction of sp³-hybridized carbons (Fsp3) is 0.647. The summed E-state index contributed by atoms with van der Waals surface area (Å²) in [5.74, 6) is 0. The molecular weight excluding hydrogens is 330 g/mol. The van der Waals surface area contributed by atoms with Crippen LogP contribution in [0.3, 0.4) is 0 Å². The van der Waals surface area contributed by atoms with E-state index in [1.165, 1.54) is 0 Å². The summed E-state index contributed by atoms with van der Waals surface area (Å²) < 4.78 is 5.76. The van der Waals surface area contributed by atoms with Gasteiger partial charge in [0.2, 0.25) is 0 Å². The van der Waals surface area contributed by atoms with Gasteiger partial charge in [0.15, 0.2) is 0 Å². The summed E-state index contributed by atoms with van der Waals surface area (Å²) in [5.41, 5.74) is -1.04. The van der Waals surface area contributed by atoms with Gasteiger partial charge in [-0.05, 0) is 12.0 Å². The van der Waals surface area contributed by atoms with Crippen LogP contribution in [0.1, 0.15) is 12.0 Å². The third kappa shape index (κ3) is 4.75. The van der Waals surface area contributed by atoms with Crippen molar-refractivity contribution in [3.8, 4) is 0 Å². The van der Waals surface area contributed by atoms with E-state index < -0.39 is 42.6 Å². The van der Waals surface area contributed by atoms with Crippen LogP contribution < -0.4 is 5.32 Å². The van der Waals surface area contributed by atoms with Gasteiger partial charge in [0, 0.05) is 6.04 Å². The largest absolute Gasteiger partial charge is 0.395 e. The van der Waals surface area contributed by atoms with E-state index in [1.54, 1.807) is 0 Å². The second-order valence-electron chi connectivity index (χ2n) is 6.50. The first-order valence-corrected chi connectivity index (χ1v) is 8.28. The first-order chi connectivity index (χ1) is 11.9. The lowest BCUT2D eigenvalue weighted by Gasteiger charge is -2.47. The minimum absolute atomic E-state index is 0.113. The Morgan fingerprint density at radius 1 is 1.12 bits per heavy atom. The van der Waals surface area contributed by atoms with Crippen LogP contribution in [0.2, 0.25) is 0 Å². The Bertz CT molecular complexity index is 513. The Labute approximate surface area is 146 Å². The molecule has 8 nitrogen and oxygen atoms in total. The van der Waals surface area contributed by atoms with Crippen LogP contribution in [0.5, 0.6) is 0 Å². The monoisotopic (exact) mass is 357 g/mol. The van der Waals surface area contributed by atoms with Gasteiger partial charge < -0.3 is 40.7 Å². The van der Waals surface area contributed by atoms with Crippen molar-refractivity contribution in [1.29, 1.82) is 0 Å². The summed E-state index contributed by atoms with van der Waals surface area (Å²) in [7, 11) is 0. The van der Waals surface area contributed by atoms with E-state index in [-0.39, 0.29) is 26.2 Å². The second kappa shape index (κ2) is 9.02. The van der Waals surface area contributed by atoms with Gasteiger partial charge in [0.1, 0.15) is 23.9 Å². The summed E-state index contributed by atoms with van der Waals surface area (Å²) in [6, 6.07) is 7.88. The average Bonchev–Trinajstić information content (AvgIpc) is 2.64. The summed E-state index contributed by atoms with van der Waals surface area (Å²) >= 11 is 0. The van der Waals surface area contributed by atoms with E-state index in [0.717, 1.165) is 5.56 Å². The molecule has 1 saturated carbocycles. The van der Waals surface area contributed by atoms with Crippen LogP contribution in [0.4, 0.5) is 0 Å². The smallest absolute Gasteiger partial charge is 0.118 e. The maximum absolute atomic E-state index is 10.4. The van der Waals surface area contributed by atoms with Crippen molar-refractivity contribution in [1.82, 2.24) is 5.32 Å². The molecule has 0 unspecified atom stereocenters. The molecule has 0 amide bonds. The second-order valence-corrected chi connectivity index (χ2v) is 6.50. The molecule has 0 aliphatic heterocycles. The molecule has 1 aliphatic rings. The van der Waals surface area contributed by atoms with Crippen molar-refractivity contribution in [3.05, 3.63) is 35.9 Å². The van der Waals surface area contributed by atoms with Crippen LogP contribution in [0.25, 0.3) is 0 Å². The van der Waals surface area contributed by atoms with E-state index in [1.807, 2.05) is 30.3 Å². The molecule has 0 saturated heterocycles. The Morgan fingerprint density at radius 3 is 2.32 bits per heavy atom. The molecular formula is C17H27NO7. The van der Waals surface area contributed by atoms with Gasteiger partial charge in [-0.3, -0.25) is 0 Å². The normalized spacial score (nSPS) is 32.9. The van der Waals surface area contributed by atoms with Gasteiger partial charge in [0.25, 0.3) is 0 Å². The molecule has 0 aromatic heterocycles. The number of nitrogens with one attached hydrogen (secondary N) is 1. The highest BCUT2D eigenvalue weighted by molar-refractivity contribution is 5.14. The summed E-state index contributed by atoms with van der Waals surface area (Å²) in [4.78, 5) is 0. The van der Waals surface area contributed by atoms with Gasteiger partial charge in [-0.1, -0.05) is 30.3 Å². The highest BCUT2D eigenvalue weighted by atomic mass is 16.5. The first kappa shape index (κ1) is 20.2. The molecule has 0 spiro atoms. The molecule has 25 heavy (non-hydrogen) atoms. The van der Waals surface area contributed by atoms with Gasteiger partial charge in [-0.15, -0.1) is 0 Å². The number of aliphatic hydroxyl groups excluding tert-OH is 5. The minimum Gasteiger partial charge on any atom is -0.395 e. The Balaban J connectivity index is 2.15. The third-order valence-corrected chi connectivity index (χ3v) is 4.63. The van der Waals surface area contributed by atoms with Crippen LogP contribution in [0.15, 0.2) is 30.3 Å². The minimum atomic E-state index is -1.90. The van der Waals surface area contributed by atoms with Gasteiger partial charge in [0.05, 0.1) is 32.5 Å². The van der Waals surface area contributed by atoms with E-state index in [2.05, 4.69) is 5.32 Å². The first-order valence-electron chi connectivity index (χ1n) is 8.28. The highest BCUT2D eigenvalue weighted by Gasteiger charge is 2.52. The molecule has 8 heteroatoms. The van der Waals surface area contributed by atoms with Crippen molar-refractivity contribution in [2.45, 2.75) is 49.0 Å². The Morgan fingerprint density at radius 2 is 1.76 bits per heavy atom. The molecule has 1 aromatic rings. The van der Waals surface area contributed by atoms with Crippen molar-refractivity contribution in [2.75, 3.05) is 19.8 Å².